The first-order valence-corrected chi connectivity index (χ1v) is 10.0. The van der Waals surface area contributed by atoms with Crippen molar-refractivity contribution < 1.29 is 14.3 Å². The van der Waals surface area contributed by atoms with Gasteiger partial charge in [-0.25, -0.2) is 0 Å². The molecule has 0 radical (unpaired) electrons. The molecule has 3 rings (SSSR count). The van der Waals surface area contributed by atoms with Gasteiger partial charge in [-0.15, -0.1) is 0 Å². The molecule has 0 aromatic heterocycles. The first-order valence-electron chi connectivity index (χ1n) is 8.87. The van der Waals surface area contributed by atoms with E-state index in [1.54, 1.807) is 66.7 Å². The molecular formula is C22H18BrClN2O3. The molecule has 29 heavy (non-hydrogen) atoms. The molecule has 0 atom stereocenters. The SMILES string of the molecule is CCOc1ccc(C(=O)Nc2ccc(NC(=O)c3ccc(Br)cc3)cc2)cc1Cl. The molecule has 0 fully saturated rings. The topological polar surface area (TPSA) is 67.4 Å². The van der Waals surface area contributed by atoms with Crippen LogP contribution in [0.5, 0.6) is 5.75 Å². The summed E-state index contributed by atoms with van der Waals surface area (Å²) in [5.41, 5.74) is 2.20. The fraction of sp³-hybridized carbons (Fsp3) is 0.0909. The Kier molecular flexibility index (Phi) is 6.90. The fourth-order valence-electron chi connectivity index (χ4n) is 2.56. The van der Waals surface area contributed by atoms with E-state index in [0.717, 1.165) is 4.47 Å². The Bertz CT molecular complexity index is 1020. The lowest BCUT2D eigenvalue weighted by atomic mass is 10.2. The van der Waals surface area contributed by atoms with Crippen LogP contribution in [0.25, 0.3) is 0 Å². The van der Waals surface area contributed by atoms with Gasteiger partial charge in [-0.3, -0.25) is 9.59 Å². The van der Waals surface area contributed by atoms with Crippen LogP contribution >= 0.6 is 27.5 Å². The second kappa shape index (κ2) is 9.58. The molecule has 0 spiro atoms. The summed E-state index contributed by atoms with van der Waals surface area (Å²) in [5, 5.41) is 6.00. The van der Waals surface area contributed by atoms with Crippen molar-refractivity contribution >= 4 is 50.7 Å². The summed E-state index contributed by atoms with van der Waals surface area (Å²) in [4.78, 5) is 24.7. The lowest BCUT2D eigenvalue weighted by molar-refractivity contribution is 0.101. The van der Waals surface area contributed by atoms with Gasteiger partial charge in [-0.05, 0) is 73.7 Å². The zero-order valence-electron chi connectivity index (χ0n) is 15.5. The van der Waals surface area contributed by atoms with E-state index < -0.39 is 0 Å². The summed E-state index contributed by atoms with van der Waals surface area (Å²) < 4.78 is 6.28. The third-order valence-corrected chi connectivity index (χ3v) is 4.82. The van der Waals surface area contributed by atoms with Crippen LogP contribution in [-0.2, 0) is 0 Å². The third-order valence-electron chi connectivity index (χ3n) is 4.00. The molecule has 0 aliphatic heterocycles. The molecular weight excluding hydrogens is 456 g/mol. The van der Waals surface area contributed by atoms with E-state index in [9.17, 15) is 9.59 Å². The number of amides is 2. The number of rotatable bonds is 6. The van der Waals surface area contributed by atoms with Crippen LogP contribution in [0.1, 0.15) is 27.6 Å². The van der Waals surface area contributed by atoms with Crippen molar-refractivity contribution in [3.63, 3.8) is 0 Å². The van der Waals surface area contributed by atoms with Crippen molar-refractivity contribution in [1.82, 2.24) is 0 Å². The molecule has 2 amide bonds. The van der Waals surface area contributed by atoms with Crippen molar-refractivity contribution in [3.05, 3.63) is 87.4 Å². The molecule has 0 aliphatic rings. The number of ether oxygens (including phenoxy) is 1. The Morgan fingerprint density at radius 1 is 0.862 bits per heavy atom. The maximum Gasteiger partial charge on any atom is 0.255 e. The number of benzene rings is 3. The van der Waals surface area contributed by atoms with Crippen LogP contribution in [-0.4, -0.2) is 18.4 Å². The summed E-state index contributed by atoms with van der Waals surface area (Å²) in [6, 6.07) is 18.8. The van der Waals surface area contributed by atoms with E-state index in [0.29, 0.717) is 39.9 Å². The minimum atomic E-state index is -0.290. The number of halogens is 2. The van der Waals surface area contributed by atoms with Crippen LogP contribution in [0, 0.1) is 0 Å². The van der Waals surface area contributed by atoms with E-state index in [4.69, 9.17) is 16.3 Å². The molecule has 2 N–H and O–H groups in total. The Morgan fingerprint density at radius 3 is 1.90 bits per heavy atom. The van der Waals surface area contributed by atoms with Gasteiger partial charge in [0.15, 0.2) is 0 Å². The number of carbonyl (C=O) groups excluding carboxylic acids is 2. The van der Waals surface area contributed by atoms with Gasteiger partial charge < -0.3 is 15.4 Å². The summed E-state index contributed by atoms with van der Waals surface area (Å²) >= 11 is 9.48. The van der Waals surface area contributed by atoms with Gasteiger partial charge in [-0.2, -0.15) is 0 Å². The van der Waals surface area contributed by atoms with E-state index in [-0.39, 0.29) is 11.8 Å². The summed E-state index contributed by atoms with van der Waals surface area (Å²) in [7, 11) is 0. The van der Waals surface area contributed by atoms with E-state index >= 15 is 0 Å². The predicted octanol–water partition coefficient (Wildman–Crippen LogP) is 6.01. The van der Waals surface area contributed by atoms with Crippen molar-refractivity contribution in [3.8, 4) is 5.75 Å². The molecule has 0 saturated carbocycles. The average Bonchev–Trinajstić information content (AvgIpc) is 2.71. The molecule has 0 saturated heterocycles. The Labute approximate surface area is 182 Å². The highest BCUT2D eigenvalue weighted by atomic mass is 79.9. The molecule has 0 unspecified atom stereocenters. The Balaban J connectivity index is 1.62. The van der Waals surface area contributed by atoms with Crippen molar-refractivity contribution in [1.29, 1.82) is 0 Å². The van der Waals surface area contributed by atoms with Crippen molar-refractivity contribution in [2.45, 2.75) is 6.92 Å². The number of carbonyl (C=O) groups is 2. The monoisotopic (exact) mass is 472 g/mol. The summed E-state index contributed by atoms with van der Waals surface area (Å²) in [6.45, 7) is 2.36. The zero-order chi connectivity index (χ0) is 20.8. The number of nitrogens with one attached hydrogen (secondary N) is 2. The van der Waals surface area contributed by atoms with Gasteiger partial charge in [0.05, 0.1) is 11.6 Å². The first-order chi connectivity index (χ1) is 14.0. The highest BCUT2D eigenvalue weighted by molar-refractivity contribution is 9.10. The predicted molar refractivity (Wildman–Crippen MR) is 119 cm³/mol. The quantitative estimate of drug-likeness (QED) is 0.461. The van der Waals surface area contributed by atoms with E-state index in [1.165, 1.54) is 0 Å². The van der Waals surface area contributed by atoms with Crippen LogP contribution < -0.4 is 15.4 Å². The van der Waals surface area contributed by atoms with Crippen molar-refractivity contribution in [2.75, 3.05) is 17.2 Å². The fourth-order valence-corrected chi connectivity index (χ4v) is 3.06. The second-order valence-electron chi connectivity index (χ2n) is 6.07. The number of hydrogen-bond donors (Lipinski definition) is 2. The van der Waals surface area contributed by atoms with Gasteiger partial charge in [0.1, 0.15) is 5.75 Å². The van der Waals surface area contributed by atoms with Gasteiger partial charge in [0, 0.05) is 27.0 Å². The Morgan fingerprint density at radius 2 is 1.38 bits per heavy atom. The van der Waals surface area contributed by atoms with E-state index in [2.05, 4.69) is 26.6 Å². The molecule has 5 nitrogen and oxygen atoms in total. The van der Waals surface area contributed by atoms with Gasteiger partial charge in [0.25, 0.3) is 11.8 Å². The maximum absolute atomic E-state index is 12.4. The van der Waals surface area contributed by atoms with Crippen molar-refractivity contribution in [2.24, 2.45) is 0 Å². The van der Waals surface area contributed by atoms with Gasteiger partial charge in [-0.1, -0.05) is 27.5 Å². The lowest BCUT2D eigenvalue weighted by Crippen LogP contribution is -2.13. The largest absolute Gasteiger partial charge is 0.492 e. The van der Waals surface area contributed by atoms with Crippen LogP contribution in [0.2, 0.25) is 5.02 Å². The molecule has 3 aromatic carbocycles. The van der Waals surface area contributed by atoms with Crippen LogP contribution in [0.15, 0.2) is 71.2 Å². The standard InChI is InChI=1S/C22H18BrClN2O3/c1-2-29-20-12-5-15(13-19(20)24)22(28)26-18-10-8-17(9-11-18)25-21(27)14-3-6-16(23)7-4-14/h3-13H,2H2,1H3,(H,25,27)(H,26,28). The summed E-state index contributed by atoms with van der Waals surface area (Å²) in [5.74, 6) is 0.0384. The van der Waals surface area contributed by atoms with Gasteiger partial charge in [0.2, 0.25) is 0 Å². The lowest BCUT2D eigenvalue weighted by Gasteiger charge is -2.10. The third kappa shape index (κ3) is 5.59. The highest BCUT2D eigenvalue weighted by Gasteiger charge is 2.10. The maximum atomic E-state index is 12.4. The Hall–Kier alpha value is -2.83. The second-order valence-corrected chi connectivity index (χ2v) is 7.39. The molecule has 0 heterocycles. The van der Waals surface area contributed by atoms with Crippen LogP contribution in [0.3, 0.4) is 0 Å². The minimum Gasteiger partial charge on any atom is -0.492 e. The van der Waals surface area contributed by atoms with Gasteiger partial charge >= 0.3 is 0 Å². The number of hydrogen-bond acceptors (Lipinski definition) is 3. The molecule has 7 heteroatoms. The summed E-state index contributed by atoms with van der Waals surface area (Å²) in [6.07, 6.45) is 0. The van der Waals surface area contributed by atoms with Crippen LogP contribution in [0.4, 0.5) is 11.4 Å². The highest BCUT2D eigenvalue weighted by Crippen LogP contribution is 2.26. The minimum absolute atomic E-state index is 0.210. The molecule has 148 valence electrons. The molecule has 0 aliphatic carbocycles. The normalized spacial score (nSPS) is 10.3. The van der Waals surface area contributed by atoms with E-state index in [1.807, 2.05) is 6.92 Å². The first kappa shape index (κ1) is 20.9. The number of anilines is 2. The molecule has 3 aromatic rings. The zero-order valence-corrected chi connectivity index (χ0v) is 17.9. The average molecular weight is 474 g/mol. The molecule has 0 bridgehead atoms. The smallest absolute Gasteiger partial charge is 0.255 e.